The molecule has 3 aromatic carbocycles. The molecule has 0 aliphatic rings. The van der Waals surface area contributed by atoms with Crippen LogP contribution in [-0.4, -0.2) is 17.2 Å². The number of rotatable bonds is 7. The van der Waals surface area contributed by atoms with E-state index in [9.17, 15) is 9.90 Å². The number of carboxylic acid groups (broad SMARTS) is 1. The van der Waals surface area contributed by atoms with Gasteiger partial charge in [0.15, 0.2) is 6.10 Å². The molecule has 3 nitrogen and oxygen atoms in total. The van der Waals surface area contributed by atoms with Crippen LogP contribution in [0.2, 0.25) is 0 Å². The summed E-state index contributed by atoms with van der Waals surface area (Å²) in [7, 11) is 0. The lowest BCUT2D eigenvalue weighted by atomic mass is 9.98. The van der Waals surface area contributed by atoms with Gasteiger partial charge < -0.3 is 9.84 Å². The molecule has 0 fully saturated rings. The largest absolute Gasteiger partial charge is 0.478 e. The Morgan fingerprint density at radius 2 is 1.58 bits per heavy atom. The minimum Gasteiger partial charge on any atom is -0.478 e. The van der Waals surface area contributed by atoms with E-state index in [2.05, 4.69) is 19.1 Å². The van der Waals surface area contributed by atoms with Crippen molar-refractivity contribution in [3.8, 4) is 16.9 Å². The highest BCUT2D eigenvalue weighted by Gasteiger charge is 2.20. The van der Waals surface area contributed by atoms with Crippen molar-refractivity contribution in [2.75, 3.05) is 0 Å². The standard InChI is InChI=1S/C23H22O3/c1-2-18-10-6-7-11-21(18)19-12-14-20(15-13-19)26-22(23(24)25)16-17-8-4-3-5-9-17/h3-15,22H,2,16H2,1H3,(H,24,25)/t22-/m0/s1. The molecule has 0 spiro atoms. The van der Waals surface area contributed by atoms with Crippen molar-refractivity contribution in [1.82, 2.24) is 0 Å². The van der Waals surface area contributed by atoms with E-state index in [1.54, 1.807) is 0 Å². The van der Waals surface area contributed by atoms with Crippen LogP contribution in [-0.2, 0) is 17.6 Å². The Morgan fingerprint density at radius 1 is 0.923 bits per heavy atom. The molecule has 132 valence electrons. The van der Waals surface area contributed by atoms with Crippen molar-refractivity contribution in [3.63, 3.8) is 0 Å². The van der Waals surface area contributed by atoms with Crippen LogP contribution in [0.4, 0.5) is 0 Å². The van der Waals surface area contributed by atoms with Crippen molar-refractivity contribution >= 4 is 5.97 Å². The van der Waals surface area contributed by atoms with E-state index >= 15 is 0 Å². The fourth-order valence-corrected chi connectivity index (χ4v) is 3.00. The van der Waals surface area contributed by atoms with Crippen LogP contribution in [0.5, 0.6) is 5.75 Å². The van der Waals surface area contributed by atoms with Gasteiger partial charge in [0.1, 0.15) is 5.75 Å². The third-order valence-electron chi connectivity index (χ3n) is 4.38. The van der Waals surface area contributed by atoms with E-state index in [0.717, 1.165) is 17.5 Å². The Morgan fingerprint density at radius 3 is 2.23 bits per heavy atom. The summed E-state index contributed by atoms with van der Waals surface area (Å²) in [6, 6.07) is 25.4. The number of carbonyl (C=O) groups is 1. The van der Waals surface area contributed by atoms with Gasteiger partial charge in [0.05, 0.1) is 0 Å². The zero-order valence-electron chi connectivity index (χ0n) is 14.8. The smallest absolute Gasteiger partial charge is 0.345 e. The second-order valence-electron chi connectivity index (χ2n) is 6.17. The molecule has 0 amide bonds. The number of ether oxygens (including phenoxy) is 1. The maximum atomic E-state index is 11.6. The minimum atomic E-state index is -0.964. The summed E-state index contributed by atoms with van der Waals surface area (Å²) in [6.45, 7) is 2.14. The highest BCUT2D eigenvalue weighted by Crippen LogP contribution is 2.26. The van der Waals surface area contributed by atoms with Crippen LogP contribution >= 0.6 is 0 Å². The lowest BCUT2D eigenvalue weighted by molar-refractivity contribution is -0.145. The van der Waals surface area contributed by atoms with E-state index < -0.39 is 12.1 Å². The summed E-state index contributed by atoms with van der Waals surface area (Å²) in [5.74, 6) is -0.402. The molecule has 3 aromatic rings. The van der Waals surface area contributed by atoms with Gasteiger partial charge in [0, 0.05) is 6.42 Å². The Labute approximate surface area is 153 Å². The van der Waals surface area contributed by atoms with E-state index in [1.807, 2.05) is 66.7 Å². The van der Waals surface area contributed by atoms with Crippen molar-refractivity contribution in [1.29, 1.82) is 0 Å². The van der Waals surface area contributed by atoms with Gasteiger partial charge in [0.25, 0.3) is 0 Å². The zero-order valence-corrected chi connectivity index (χ0v) is 14.8. The number of aliphatic carboxylic acids is 1. The molecule has 1 atom stereocenters. The van der Waals surface area contributed by atoms with Gasteiger partial charge in [-0.05, 0) is 40.8 Å². The Balaban J connectivity index is 1.76. The number of hydrogen-bond acceptors (Lipinski definition) is 2. The van der Waals surface area contributed by atoms with Gasteiger partial charge in [-0.25, -0.2) is 4.79 Å². The van der Waals surface area contributed by atoms with Gasteiger partial charge in [-0.3, -0.25) is 0 Å². The van der Waals surface area contributed by atoms with Gasteiger partial charge in [0.2, 0.25) is 0 Å². The Kier molecular flexibility index (Phi) is 5.69. The molecule has 26 heavy (non-hydrogen) atoms. The van der Waals surface area contributed by atoms with Crippen LogP contribution in [0.3, 0.4) is 0 Å². The van der Waals surface area contributed by atoms with E-state index in [1.165, 1.54) is 11.1 Å². The third-order valence-corrected chi connectivity index (χ3v) is 4.38. The first-order valence-electron chi connectivity index (χ1n) is 8.79. The van der Waals surface area contributed by atoms with Gasteiger partial charge in [-0.15, -0.1) is 0 Å². The van der Waals surface area contributed by atoms with Gasteiger partial charge in [-0.2, -0.15) is 0 Å². The second kappa shape index (κ2) is 8.34. The van der Waals surface area contributed by atoms with Crippen LogP contribution in [0.25, 0.3) is 11.1 Å². The first kappa shape index (κ1) is 17.7. The quantitative estimate of drug-likeness (QED) is 0.655. The number of aryl methyl sites for hydroxylation is 1. The van der Waals surface area contributed by atoms with Crippen LogP contribution in [0.1, 0.15) is 18.1 Å². The lowest BCUT2D eigenvalue weighted by Crippen LogP contribution is -2.29. The molecule has 0 heterocycles. The molecule has 0 aromatic heterocycles. The topological polar surface area (TPSA) is 46.5 Å². The first-order chi connectivity index (χ1) is 12.7. The predicted octanol–water partition coefficient (Wildman–Crippen LogP) is 4.99. The zero-order chi connectivity index (χ0) is 18.4. The van der Waals surface area contributed by atoms with E-state index in [4.69, 9.17) is 4.74 Å². The molecule has 0 aliphatic heterocycles. The van der Waals surface area contributed by atoms with Crippen molar-refractivity contribution in [2.24, 2.45) is 0 Å². The molecule has 0 radical (unpaired) electrons. The summed E-state index contributed by atoms with van der Waals surface area (Å²) >= 11 is 0. The molecule has 0 aliphatic carbocycles. The maximum Gasteiger partial charge on any atom is 0.345 e. The van der Waals surface area contributed by atoms with E-state index in [0.29, 0.717) is 12.2 Å². The van der Waals surface area contributed by atoms with E-state index in [-0.39, 0.29) is 0 Å². The minimum absolute atomic E-state index is 0.330. The number of benzene rings is 3. The molecule has 0 saturated heterocycles. The second-order valence-corrected chi connectivity index (χ2v) is 6.17. The maximum absolute atomic E-state index is 11.6. The molecule has 3 heteroatoms. The predicted molar refractivity (Wildman–Crippen MR) is 103 cm³/mol. The van der Waals surface area contributed by atoms with Crippen molar-refractivity contribution in [2.45, 2.75) is 25.9 Å². The summed E-state index contributed by atoms with van der Waals surface area (Å²) < 4.78 is 5.73. The van der Waals surface area contributed by atoms with Crippen LogP contribution < -0.4 is 4.74 Å². The average Bonchev–Trinajstić information content (AvgIpc) is 2.69. The third kappa shape index (κ3) is 4.31. The summed E-state index contributed by atoms with van der Waals surface area (Å²) in [5, 5.41) is 9.47. The SMILES string of the molecule is CCc1ccccc1-c1ccc(O[C@@H](Cc2ccccc2)C(=O)O)cc1. The molecule has 0 saturated carbocycles. The molecule has 3 rings (SSSR count). The molecular weight excluding hydrogens is 324 g/mol. The van der Waals surface area contributed by atoms with Crippen molar-refractivity contribution in [3.05, 3.63) is 90.0 Å². The van der Waals surface area contributed by atoms with Crippen LogP contribution in [0.15, 0.2) is 78.9 Å². The number of carboxylic acids is 1. The Bertz CT molecular complexity index is 854. The molecule has 1 N–H and O–H groups in total. The lowest BCUT2D eigenvalue weighted by Gasteiger charge is -2.16. The van der Waals surface area contributed by atoms with Crippen LogP contribution in [0, 0.1) is 0 Å². The van der Waals surface area contributed by atoms with Gasteiger partial charge in [-0.1, -0.05) is 73.7 Å². The molecule has 0 bridgehead atoms. The summed E-state index contributed by atoms with van der Waals surface area (Å²) in [6.07, 6.45) is 0.384. The Hall–Kier alpha value is -3.07. The number of hydrogen-bond donors (Lipinski definition) is 1. The normalized spacial score (nSPS) is 11.7. The summed E-state index contributed by atoms with van der Waals surface area (Å²) in [5.41, 5.74) is 4.52. The average molecular weight is 346 g/mol. The van der Waals surface area contributed by atoms with Crippen molar-refractivity contribution < 1.29 is 14.6 Å². The highest BCUT2D eigenvalue weighted by molar-refractivity contribution is 5.73. The highest BCUT2D eigenvalue weighted by atomic mass is 16.5. The van der Waals surface area contributed by atoms with Gasteiger partial charge >= 0.3 is 5.97 Å². The fourth-order valence-electron chi connectivity index (χ4n) is 3.00. The fraction of sp³-hybridized carbons (Fsp3) is 0.174. The first-order valence-corrected chi connectivity index (χ1v) is 8.79. The monoisotopic (exact) mass is 346 g/mol. The summed E-state index contributed by atoms with van der Waals surface area (Å²) in [4.78, 5) is 11.6. The molecular formula is C23H22O3. The molecule has 0 unspecified atom stereocenters.